The molecule has 0 fully saturated rings. The second kappa shape index (κ2) is 2.83. The number of nitrogens with zero attached hydrogens (tertiary/aromatic N) is 1. The van der Waals surface area contributed by atoms with Crippen molar-refractivity contribution < 1.29 is 5.11 Å². The molecule has 0 bridgehead atoms. The van der Waals surface area contributed by atoms with E-state index < -0.39 is 5.60 Å². The number of hydrogen-bond donors (Lipinski definition) is 1. The van der Waals surface area contributed by atoms with Gasteiger partial charge in [-0.3, -0.25) is 0 Å². The van der Waals surface area contributed by atoms with Crippen LogP contribution in [-0.4, -0.2) is 10.7 Å². The molecule has 0 aliphatic rings. The van der Waals surface area contributed by atoms with Gasteiger partial charge in [-0.1, -0.05) is 20.8 Å². The van der Waals surface area contributed by atoms with Crippen LogP contribution in [-0.2, 0) is 0 Å². The lowest BCUT2D eigenvalue weighted by molar-refractivity contribution is -0.0675. The summed E-state index contributed by atoms with van der Waals surface area (Å²) in [7, 11) is 0. The van der Waals surface area contributed by atoms with E-state index in [4.69, 9.17) is 5.26 Å². The number of rotatable bonds is 1. The van der Waals surface area contributed by atoms with Gasteiger partial charge in [-0.25, -0.2) is 0 Å². The SMILES string of the molecule is CC(C#N)C(C)(O)C(C)(C)C. The molecule has 0 spiro atoms. The minimum atomic E-state index is -0.915. The molecule has 64 valence electrons. The predicted molar refractivity (Wildman–Crippen MR) is 44.9 cm³/mol. The Balaban J connectivity index is 4.62. The Morgan fingerprint density at radius 2 is 1.64 bits per heavy atom. The van der Waals surface area contributed by atoms with E-state index in [-0.39, 0.29) is 11.3 Å². The highest BCUT2D eigenvalue weighted by Crippen LogP contribution is 2.35. The molecule has 0 saturated carbocycles. The van der Waals surface area contributed by atoms with E-state index in [0.717, 1.165) is 0 Å². The zero-order valence-corrected chi connectivity index (χ0v) is 7.97. The molecular formula is C9H17NO. The summed E-state index contributed by atoms with van der Waals surface area (Å²) in [5, 5.41) is 18.5. The number of aliphatic hydroxyl groups is 1. The van der Waals surface area contributed by atoms with E-state index in [2.05, 4.69) is 6.07 Å². The molecular weight excluding hydrogens is 138 g/mol. The standard InChI is InChI=1S/C9H17NO/c1-7(6-10)9(5,11)8(2,3)4/h7,11H,1-5H3. The lowest BCUT2D eigenvalue weighted by atomic mass is 9.71. The van der Waals surface area contributed by atoms with Gasteiger partial charge in [-0.05, 0) is 19.3 Å². The van der Waals surface area contributed by atoms with E-state index >= 15 is 0 Å². The van der Waals surface area contributed by atoms with Crippen LogP contribution in [0, 0.1) is 22.7 Å². The van der Waals surface area contributed by atoms with Gasteiger partial charge in [0.1, 0.15) is 0 Å². The van der Waals surface area contributed by atoms with Crippen LogP contribution >= 0.6 is 0 Å². The third-order valence-corrected chi connectivity index (χ3v) is 2.56. The van der Waals surface area contributed by atoms with Crippen molar-refractivity contribution in [1.29, 1.82) is 5.26 Å². The molecule has 1 N–H and O–H groups in total. The quantitative estimate of drug-likeness (QED) is 0.629. The van der Waals surface area contributed by atoms with Crippen molar-refractivity contribution >= 4 is 0 Å². The largest absolute Gasteiger partial charge is 0.388 e. The van der Waals surface area contributed by atoms with Crippen LogP contribution in [0.25, 0.3) is 0 Å². The second-order valence-corrected chi connectivity index (χ2v) is 4.25. The van der Waals surface area contributed by atoms with Crippen LogP contribution in [0.3, 0.4) is 0 Å². The van der Waals surface area contributed by atoms with Crippen molar-refractivity contribution in [1.82, 2.24) is 0 Å². The first-order chi connectivity index (χ1) is 4.73. The van der Waals surface area contributed by atoms with Crippen LogP contribution in [0.5, 0.6) is 0 Å². The third kappa shape index (κ3) is 1.94. The number of hydrogen-bond acceptors (Lipinski definition) is 2. The summed E-state index contributed by atoms with van der Waals surface area (Å²) in [6.07, 6.45) is 0. The number of nitriles is 1. The molecule has 0 aromatic rings. The summed E-state index contributed by atoms with van der Waals surface area (Å²) < 4.78 is 0. The van der Waals surface area contributed by atoms with Crippen molar-refractivity contribution in [2.24, 2.45) is 11.3 Å². The molecule has 0 heterocycles. The lowest BCUT2D eigenvalue weighted by Gasteiger charge is -2.39. The fourth-order valence-electron chi connectivity index (χ4n) is 0.775. The molecule has 0 aliphatic carbocycles. The van der Waals surface area contributed by atoms with Crippen molar-refractivity contribution in [3.05, 3.63) is 0 Å². The van der Waals surface area contributed by atoms with E-state index in [0.29, 0.717) is 0 Å². The summed E-state index contributed by atoms with van der Waals surface area (Å²) >= 11 is 0. The smallest absolute Gasteiger partial charge is 0.0822 e. The molecule has 0 saturated heterocycles. The highest BCUT2D eigenvalue weighted by Gasteiger charge is 2.40. The summed E-state index contributed by atoms with van der Waals surface area (Å²) in [6, 6.07) is 2.06. The summed E-state index contributed by atoms with van der Waals surface area (Å²) in [4.78, 5) is 0. The minimum Gasteiger partial charge on any atom is -0.388 e. The maximum atomic E-state index is 9.90. The first-order valence-electron chi connectivity index (χ1n) is 3.85. The molecule has 2 heteroatoms. The van der Waals surface area contributed by atoms with Crippen LogP contribution in [0.1, 0.15) is 34.6 Å². The average Bonchev–Trinajstić information content (AvgIpc) is 1.83. The highest BCUT2D eigenvalue weighted by atomic mass is 16.3. The Labute approximate surface area is 68.8 Å². The van der Waals surface area contributed by atoms with Gasteiger partial charge in [0.15, 0.2) is 0 Å². The fraction of sp³-hybridized carbons (Fsp3) is 0.889. The monoisotopic (exact) mass is 155 g/mol. The van der Waals surface area contributed by atoms with Crippen molar-refractivity contribution in [3.63, 3.8) is 0 Å². The van der Waals surface area contributed by atoms with Crippen LogP contribution in [0.15, 0.2) is 0 Å². The van der Waals surface area contributed by atoms with Gasteiger partial charge in [0.05, 0.1) is 17.6 Å². The molecule has 2 nitrogen and oxygen atoms in total. The van der Waals surface area contributed by atoms with Crippen LogP contribution in [0.2, 0.25) is 0 Å². The van der Waals surface area contributed by atoms with E-state index in [1.807, 2.05) is 20.8 Å². The Hall–Kier alpha value is -0.550. The van der Waals surface area contributed by atoms with Gasteiger partial charge < -0.3 is 5.11 Å². The fourth-order valence-corrected chi connectivity index (χ4v) is 0.775. The van der Waals surface area contributed by atoms with E-state index in [1.54, 1.807) is 13.8 Å². The Morgan fingerprint density at radius 1 is 1.27 bits per heavy atom. The molecule has 0 aliphatic heterocycles. The van der Waals surface area contributed by atoms with E-state index in [1.165, 1.54) is 0 Å². The van der Waals surface area contributed by atoms with Crippen LogP contribution in [0.4, 0.5) is 0 Å². The maximum absolute atomic E-state index is 9.90. The van der Waals surface area contributed by atoms with Crippen molar-refractivity contribution in [2.45, 2.75) is 40.2 Å². The third-order valence-electron chi connectivity index (χ3n) is 2.56. The molecule has 2 atom stereocenters. The lowest BCUT2D eigenvalue weighted by Crippen LogP contribution is -2.44. The van der Waals surface area contributed by atoms with Crippen molar-refractivity contribution in [2.75, 3.05) is 0 Å². The molecule has 2 unspecified atom stereocenters. The molecule has 0 aromatic heterocycles. The van der Waals surface area contributed by atoms with Crippen molar-refractivity contribution in [3.8, 4) is 6.07 Å². The van der Waals surface area contributed by atoms with Gasteiger partial charge >= 0.3 is 0 Å². The summed E-state index contributed by atoms with van der Waals surface area (Å²) in [6.45, 7) is 9.24. The second-order valence-electron chi connectivity index (χ2n) is 4.25. The Kier molecular flexibility index (Phi) is 2.69. The van der Waals surface area contributed by atoms with Crippen LogP contribution < -0.4 is 0 Å². The summed E-state index contributed by atoms with van der Waals surface area (Å²) in [5.74, 6) is -0.331. The molecule has 0 radical (unpaired) electrons. The Morgan fingerprint density at radius 3 is 1.73 bits per heavy atom. The molecule has 0 rings (SSSR count). The molecule has 0 aromatic carbocycles. The molecule has 0 amide bonds. The first-order valence-corrected chi connectivity index (χ1v) is 3.85. The van der Waals surface area contributed by atoms with E-state index in [9.17, 15) is 5.11 Å². The Bertz CT molecular complexity index is 171. The summed E-state index contributed by atoms with van der Waals surface area (Å²) in [5.41, 5.74) is -1.16. The van der Waals surface area contributed by atoms with Gasteiger partial charge in [-0.2, -0.15) is 5.26 Å². The highest BCUT2D eigenvalue weighted by molar-refractivity contribution is 4.99. The normalized spacial score (nSPS) is 20.1. The van der Waals surface area contributed by atoms with Gasteiger partial charge in [0.25, 0.3) is 0 Å². The maximum Gasteiger partial charge on any atom is 0.0822 e. The molecule has 11 heavy (non-hydrogen) atoms. The average molecular weight is 155 g/mol. The van der Waals surface area contributed by atoms with Gasteiger partial charge in [0.2, 0.25) is 0 Å². The zero-order chi connectivity index (χ0) is 9.28. The van der Waals surface area contributed by atoms with Gasteiger partial charge in [0, 0.05) is 0 Å². The minimum absolute atomic E-state index is 0.248. The zero-order valence-electron chi connectivity index (χ0n) is 7.97. The van der Waals surface area contributed by atoms with Gasteiger partial charge in [-0.15, -0.1) is 0 Å². The first kappa shape index (κ1) is 10.4. The predicted octanol–water partition coefficient (Wildman–Crippen LogP) is 1.94. The topological polar surface area (TPSA) is 44.0 Å².